The fourth-order valence-corrected chi connectivity index (χ4v) is 1.66. The van der Waals surface area contributed by atoms with Gasteiger partial charge in [0.1, 0.15) is 5.75 Å². The summed E-state index contributed by atoms with van der Waals surface area (Å²) in [6.07, 6.45) is -4.82. The number of ether oxygens (including phenoxy) is 1. The molecule has 1 aromatic rings. The Labute approximate surface area is 128 Å². The van der Waals surface area contributed by atoms with Gasteiger partial charge < -0.3 is 9.57 Å². The molecule has 0 radical (unpaired) electrons. The van der Waals surface area contributed by atoms with E-state index in [1.807, 2.05) is 0 Å². The molecular formula is C13H10F3N3O4. The molecule has 0 N–H and O–H groups in total. The standard InChI is InChI=1S/C13H10F3N3O4/c1-7-10(11(20)19(2)17-7)18-23-12(21)8-3-5-9(6-4-8)22-13(14,15)16/h3-6H,1-2H3/b18-10+. The second-order valence-corrected chi connectivity index (χ2v) is 4.40. The fourth-order valence-electron chi connectivity index (χ4n) is 1.66. The van der Waals surface area contributed by atoms with Gasteiger partial charge in [-0.15, -0.1) is 13.2 Å². The van der Waals surface area contributed by atoms with Crippen LogP contribution in [0.15, 0.2) is 34.5 Å². The van der Waals surface area contributed by atoms with Crippen molar-refractivity contribution in [2.24, 2.45) is 10.3 Å². The molecule has 0 aromatic heterocycles. The molecule has 2 rings (SSSR count). The number of alkyl halides is 3. The second-order valence-electron chi connectivity index (χ2n) is 4.40. The van der Waals surface area contributed by atoms with Crippen molar-refractivity contribution in [3.63, 3.8) is 0 Å². The first-order valence-corrected chi connectivity index (χ1v) is 6.16. The lowest BCUT2D eigenvalue weighted by atomic mass is 10.2. The van der Waals surface area contributed by atoms with Gasteiger partial charge in [0.15, 0.2) is 5.71 Å². The normalized spacial score (nSPS) is 16.6. The van der Waals surface area contributed by atoms with Crippen LogP contribution >= 0.6 is 0 Å². The van der Waals surface area contributed by atoms with Gasteiger partial charge in [-0.1, -0.05) is 5.16 Å². The molecule has 7 nitrogen and oxygen atoms in total. The van der Waals surface area contributed by atoms with Gasteiger partial charge >= 0.3 is 12.3 Å². The zero-order chi connectivity index (χ0) is 17.2. The van der Waals surface area contributed by atoms with Crippen LogP contribution in [0, 0.1) is 0 Å². The molecule has 0 saturated carbocycles. The zero-order valence-corrected chi connectivity index (χ0v) is 11.9. The summed E-state index contributed by atoms with van der Waals surface area (Å²) < 4.78 is 39.7. The fraction of sp³-hybridized carbons (Fsp3) is 0.231. The van der Waals surface area contributed by atoms with Crippen LogP contribution in [0.2, 0.25) is 0 Å². The number of hydrogen-bond donors (Lipinski definition) is 0. The van der Waals surface area contributed by atoms with Gasteiger partial charge in [-0.3, -0.25) is 4.79 Å². The SMILES string of the molecule is CC1=NN(C)C(=O)/C1=N/OC(=O)c1ccc(OC(F)(F)F)cc1. The first kappa shape index (κ1) is 16.5. The predicted molar refractivity (Wildman–Crippen MR) is 71.9 cm³/mol. The molecule has 1 heterocycles. The number of oxime groups is 1. The number of carbonyl (C=O) groups is 2. The largest absolute Gasteiger partial charge is 0.573 e. The molecule has 0 fully saturated rings. The molecule has 23 heavy (non-hydrogen) atoms. The molecule has 1 aliphatic rings. The van der Waals surface area contributed by atoms with Crippen LogP contribution in [0.25, 0.3) is 0 Å². The average molecular weight is 329 g/mol. The molecule has 0 aliphatic carbocycles. The topological polar surface area (TPSA) is 80.6 Å². The highest BCUT2D eigenvalue weighted by atomic mass is 19.4. The second kappa shape index (κ2) is 6.07. The monoisotopic (exact) mass is 329 g/mol. The van der Waals surface area contributed by atoms with Gasteiger partial charge in [-0.25, -0.2) is 9.80 Å². The number of nitrogens with zero attached hydrogens (tertiary/aromatic N) is 3. The molecule has 1 amide bonds. The third-order valence-corrected chi connectivity index (χ3v) is 2.68. The molecular weight excluding hydrogens is 319 g/mol. The Kier molecular flexibility index (Phi) is 4.34. The number of hydrogen-bond acceptors (Lipinski definition) is 6. The van der Waals surface area contributed by atoms with Crippen molar-refractivity contribution < 1.29 is 32.3 Å². The Bertz CT molecular complexity index is 695. The van der Waals surface area contributed by atoms with Gasteiger partial charge in [0.2, 0.25) is 0 Å². The predicted octanol–water partition coefficient (Wildman–Crippen LogP) is 1.95. The van der Waals surface area contributed by atoms with Crippen LogP contribution in [-0.4, -0.2) is 41.7 Å². The summed E-state index contributed by atoms with van der Waals surface area (Å²) in [4.78, 5) is 27.9. The molecule has 1 aliphatic heterocycles. The molecule has 122 valence electrons. The highest BCUT2D eigenvalue weighted by Crippen LogP contribution is 2.22. The van der Waals surface area contributed by atoms with E-state index in [0.29, 0.717) is 0 Å². The maximum absolute atomic E-state index is 12.0. The van der Waals surface area contributed by atoms with Crippen LogP contribution in [-0.2, 0) is 9.63 Å². The number of rotatable bonds is 3. The molecule has 0 spiro atoms. The minimum atomic E-state index is -4.82. The maximum atomic E-state index is 12.0. The lowest BCUT2D eigenvalue weighted by Gasteiger charge is -2.08. The van der Waals surface area contributed by atoms with Crippen molar-refractivity contribution >= 4 is 23.3 Å². The summed E-state index contributed by atoms with van der Waals surface area (Å²) in [6.45, 7) is 1.51. The van der Waals surface area contributed by atoms with Crippen LogP contribution < -0.4 is 4.74 Å². The van der Waals surface area contributed by atoms with E-state index in [9.17, 15) is 22.8 Å². The summed E-state index contributed by atoms with van der Waals surface area (Å²) in [7, 11) is 1.41. The number of hydrazone groups is 1. The van der Waals surface area contributed by atoms with E-state index < -0.39 is 24.0 Å². The first-order valence-electron chi connectivity index (χ1n) is 6.16. The van der Waals surface area contributed by atoms with Crippen LogP contribution in [0.4, 0.5) is 13.2 Å². The third-order valence-electron chi connectivity index (χ3n) is 2.68. The Morgan fingerprint density at radius 3 is 2.35 bits per heavy atom. The Balaban J connectivity index is 2.04. The van der Waals surface area contributed by atoms with Crippen molar-refractivity contribution in [1.82, 2.24) is 5.01 Å². The zero-order valence-electron chi connectivity index (χ0n) is 11.9. The van der Waals surface area contributed by atoms with Crippen LogP contribution in [0.3, 0.4) is 0 Å². The first-order chi connectivity index (χ1) is 10.7. The molecule has 1 aromatic carbocycles. The summed E-state index contributed by atoms with van der Waals surface area (Å²) in [6, 6.07) is 4.07. The van der Waals surface area contributed by atoms with Gasteiger partial charge in [0.05, 0.1) is 11.3 Å². The van der Waals surface area contributed by atoms with Gasteiger partial charge in [-0.2, -0.15) is 5.10 Å². The highest BCUT2D eigenvalue weighted by molar-refractivity contribution is 6.68. The number of amides is 1. The van der Waals surface area contributed by atoms with E-state index in [-0.39, 0.29) is 17.0 Å². The van der Waals surface area contributed by atoms with Crippen molar-refractivity contribution in [2.75, 3.05) is 7.05 Å². The third kappa shape index (κ3) is 4.05. The highest BCUT2D eigenvalue weighted by Gasteiger charge is 2.31. The Morgan fingerprint density at radius 1 is 1.26 bits per heavy atom. The van der Waals surface area contributed by atoms with Crippen LogP contribution in [0.1, 0.15) is 17.3 Å². The van der Waals surface area contributed by atoms with E-state index in [1.165, 1.54) is 14.0 Å². The van der Waals surface area contributed by atoms with Gasteiger partial charge in [0, 0.05) is 7.05 Å². The number of carbonyl (C=O) groups excluding carboxylic acids is 2. The van der Waals surface area contributed by atoms with Crippen LogP contribution in [0.5, 0.6) is 5.75 Å². The molecule has 0 saturated heterocycles. The summed E-state index contributed by atoms with van der Waals surface area (Å²) in [5, 5.41) is 8.26. The molecule has 0 bridgehead atoms. The minimum Gasteiger partial charge on any atom is -0.406 e. The van der Waals surface area contributed by atoms with E-state index in [2.05, 4.69) is 19.8 Å². The number of benzene rings is 1. The summed E-state index contributed by atoms with van der Waals surface area (Å²) in [5.74, 6) is -1.95. The lowest BCUT2D eigenvalue weighted by Crippen LogP contribution is -2.24. The van der Waals surface area contributed by atoms with Crippen molar-refractivity contribution in [3.8, 4) is 5.75 Å². The van der Waals surface area contributed by atoms with Gasteiger partial charge in [-0.05, 0) is 31.2 Å². The van der Waals surface area contributed by atoms with E-state index in [4.69, 9.17) is 0 Å². The van der Waals surface area contributed by atoms with E-state index >= 15 is 0 Å². The number of halogens is 3. The van der Waals surface area contributed by atoms with Gasteiger partial charge in [0.25, 0.3) is 5.91 Å². The van der Waals surface area contributed by atoms with Crippen molar-refractivity contribution in [1.29, 1.82) is 0 Å². The minimum absolute atomic E-state index is 0.0581. The van der Waals surface area contributed by atoms with E-state index in [1.54, 1.807) is 0 Å². The average Bonchev–Trinajstić information content (AvgIpc) is 2.69. The van der Waals surface area contributed by atoms with Crippen molar-refractivity contribution in [2.45, 2.75) is 13.3 Å². The van der Waals surface area contributed by atoms with E-state index in [0.717, 1.165) is 29.3 Å². The Morgan fingerprint density at radius 2 is 1.87 bits per heavy atom. The lowest BCUT2D eigenvalue weighted by molar-refractivity contribution is -0.274. The smallest absolute Gasteiger partial charge is 0.406 e. The maximum Gasteiger partial charge on any atom is 0.573 e. The Hall–Kier alpha value is -2.91. The summed E-state index contributed by atoms with van der Waals surface area (Å²) >= 11 is 0. The molecule has 0 unspecified atom stereocenters. The van der Waals surface area contributed by atoms with Crippen molar-refractivity contribution in [3.05, 3.63) is 29.8 Å². The summed E-state index contributed by atoms with van der Waals surface area (Å²) in [5.41, 5.74) is 0.0920. The molecule has 10 heteroatoms. The molecule has 0 atom stereocenters. The quantitative estimate of drug-likeness (QED) is 0.627.